The number of methoxy groups -OCH3 is 1. The topological polar surface area (TPSA) is 49.7 Å². The molecule has 5 heteroatoms. The molecular weight excluding hydrogens is 259 g/mol. The molecule has 3 nitrogen and oxygen atoms in total. The Balaban J connectivity index is 2.03. The maximum absolute atomic E-state index is 9.13. The summed E-state index contributed by atoms with van der Waals surface area (Å²) in [7, 11) is 0.234. The van der Waals surface area contributed by atoms with Gasteiger partial charge in [0.2, 0.25) is 0 Å². The van der Waals surface area contributed by atoms with Gasteiger partial charge in [-0.15, -0.1) is 11.8 Å². The lowest BCUT2D eigenvalue weighted by Gasteiger charge is -2.06. The first-order valence-corrected chi connectivity index (χ1v) is 6.89. The van der Waals surface area contributed by atoms with Gasteiger partial charge in [-0.3, -0.25) is 0 Å². The molecule has 0 amide bonds. The number of benzene rings is 2. The second-order valence-electron chi connectivity index (χ2n) is 4.09. The lowest BCUT2D eigenvalue weighted by molar-refractivity contribution is 0.413. The third-order valence-electron chi connectivity index (χ3n) is 2.70. The number of ether oxygens (including phenoxy) is 1. The average Bonchev–Trinajstić information content (AvgIpc) is 2.45. The van der Waals surface area contributed by atoms with Crippen molar-refractivity contribution >= 4 is 24.3 Å². The molecule has 0 aromatic heterocycles. The molecule has 0 saturated heterocycles. The van der Waals surface area contributed by atoms with E-state index in [4.69, 9.17) is 14.8 Å². The summed E-state index contributed by atoms with van der Waals surface area (Å²) in [5, 5.41) is 18.3. The molecule has 0 heterocycles. The molecule has 0 aliphatic carbocycles. The SMILES string of the molecule is COc1cccc(SCc2cccc(B(O)O)c2)c1. The number of thioether (sulfide) groups is 1. The summed E-state index contributed by atoms with van der Waals surface area (Å²) in [4.78, 5) is 1.12. The maximum Gasteiger partial charge on any atom is 0.488 e. The highest BCUT2D eigenvalue weighted by atomic mass is 32.2. The van der Waals surface area contributed by atoms with E-state index < -0.39 is 7.12 Å². The predicted molar refractivity (Wildman–Crippen MR) is 78.8 cm³/mol. The van der Waals surface area contributed by atoms with Crippen molar-refractivity contribution in [3.8, 4) is 5.75 Å². The van der Waals surface area contributed by atoms with Crippen LogP contribution in [0.4, 0.5) is 0 Å². The zero-order valence-corrected chi connectivity index (χ0v) is 11.4. The van der Waals surface area contributed by atoms with E-state index in [2.05, 4.69) is 0 Å². The van der Waals surface area contributed by atoms with E-state index >= 15 is 0 Å². The van der Waals surface area contributed by atoms with E-state index in [-0.39, 0.29) is 0 Å². The Hall–Kier alpha value is -1.43. The fraction of sp³-hybridized carbons (Fsp3) is 0.143. The molecule has 0 bridgehead atoms. The molecule has 98 valence electrons. The van der Waals surface area contributed by atoms with Crippen molar-refractivity contribution in [1.29, 1.82) is 0 Å². The van der Waals surface area contributed by atoms with Gasteiger partial charge in [0, 0.05) is 10.6 Å². The lowest BCUT2D eigenvalue weighted by Crippen LogP contribution is -2.29. The van der Waals surface area contributed by atoms with Crippen LogP contribution >= 0.6 is 11.8 Å². The lowest BCUT2D eigenvalue weighted by atomic mass is 9.80. The predicted octanol–water partition coefficient (Wildman–Crippen LogP) is 1.67. The summed E-state index contributed by atoms with van der Waals surface area (Å²) >= 11 is 1.68. The van der Waals surface area contributed by atoms with Gasteiger partial charge in [-0.05, 0) is 29.2 Å². The number of rotatable bonds is 5. The molecule has 0 radical (unpaired) electrons. The van der Waals surface area contributed by atoms with Gasteiger partial charge in [0.15, 0.2) is 0 Å². The number of hydrogen-bond donors (Lipinski definition) is 2. The minimum absolute atomic E-state index is 0.517. The van der Waals surface area contributed by atoms with Crippen LogP contribution in [-0.2, 0) is 5.75 Å². The molecule has 0 saturated carbocycles. The van der Waals surface area contributed by atoms with E-state index in [9.17, 15) is 0 Å². The second-order valence-corrected chi connectivity index (χ2v) is 5.14. The maximum atomic E-state index is 9.13. The van der Waals surface area contributed by atoms with Gasteiger partial charge in [-0.25, -0.2) is 0 Å². The Morgan fingerprint density at radius 2 is 1.89 bits per heavy atom. The van der Waals surface area contributed by atoms with E-state index in [0.29, 0.717) is 5.46 Å². The van der Waals surface area contributed by atoms with Crippen molar-refractivity contribution in [2.75, 3.05) is 7.11 Å². The summed E-state index contributed by atoms with van der Waals surface area (Å²) in [6.07, 6.45) is 0. The third-order valence-corrected chi connectivity index (χ3v) is 3.76. The molecule has 19 heavy (non-hydrogen) atoms. The summed E-state index contributed by atoms with van der Waals surface area (Å²) < 4.78 is 5.18. The first-order chi connectivity index (χ1) is 9.19. The van der Waals surface area contributed by atoms with Crippen LogP contribution in [0.15, 0.2) is 53.4 Å². The zero-order chi connectivity index (χ0) is 13.7. The molecule has 2 rings (SSSR count). The van der Waals surface area contributed by atoms with Crippen LogP contribution < -0.4 is 10.2 Å². The van der Waals surface area contributed by atoms with Crippen molar-refractivity contribution in [2.45, 2.75) is 10.6 Å². The summed E-state index contributed by atoms with van der Waals surface area (Å²) in [6.45, 7) is 0. The van der Waals surface area contributed by atoms with Crippen molar-refractivity contribution < 1.29 is 14.8 Å². The highest BCUT2D eigenvalue weighted by Crippen LogP contribution is 2.25. The van der Waals surface area contributed by atoms with E-state index in [1.54, 1.807) is 31.0 Å². The minimum atomic E-state index is -1.42. The van der Waals surface area contributed by atoms with E-state index in [1.807, 2.05) is 36.4 Å². The Kier molecular flexibility index (Phi) is 4.90. The Morgan fingerprint density at radius 1 is 1.11 bits per heavy atom. The molecule has 2 aromatic carbocycles. The van der Waals surface area contributed by atoms with Crippen molar-refractivity contribution in [3.05, 3.63) is 54.1 Å². The quantitative estimate of drug-likeness (QED) is 0.643. The monoisotopic (exact) mass is 274 g/mol. The van der Waals surface area contributed by atoms with Gasteiger partial charge in [-0.2, -0.15) is 0 Å². The summed E-state index contributed by atoms with van der Waals surface area (Å²) in [6, 6.07) is 15.2. The second kappa shape index (κ2) is 6.66. The first-order valence-electron chi connectivity index (χ1n) is 5.91. The fourth-order valence-corrected chi connectivity index (χ4v) is 2.59. The van der Waals surface area contributed by atoms with Crippen LogP contribution in [0.3, 0.4) is 0 Å². The highest BCUT2D eigenvalue weighted by Gasteiger charge is 2.10. The van der Waals surface area contributed by atoms with Crippen LogP contribution in [0.5, 0.6) is 5.75 Å². The Labute approximate surface area is 117 Å². The van der Waals surface area contributed by atoms with Crippen LogP contribution in [0.25, 0.3) is 0 Å². The van der Waals surface area contributed by atoms with Crippen LogP contribution in [0.1, 0.15) is 5.56 Å². The molecule has 0 aliphatic rings. The third kappa shape index (κ3) is 4.03. The van der Waals surface area contributed by atoms with Crippen molar-refractivity contribution in [3.63, 3.8) is 0 Å². The molecule has 0 unspecified atom stereocenters. The smallest absolute Gasteiger partial charge is 0.488 e. The molecule has 2 aromatic rings. The molecule has 0 atom stereocenters. The molecule has 0 aliphatic heterocycles. The van der Waals surface area contributed by atoms with Gasteiger partial charge >= 0.3 is 7.12 Å². The van der Waals surface area contributed by atoms with Gasteiger partial charge in [0.1, 0.15) is 5.75 Å². The van der Waals surface area contributed by atoms with Gasteiger partial charge in [0.05, 0.1) is 7.11 Å². The Bertz CT molecular complexity index is 546. The molecule has 0 fully saturated rings. The van der Waals surface area contributed by atoms with Crippen molar-refractivity contribution in [2.24, 2.45) is 0 Å². The largest absolute Gasteiger partial charge is 0.497 e. The Morgan fingerprint density at radius 3 is 2.63 bits per heavy atom. The fourth-order valence-electron chi connectivity index (χ4n) is 1.70. The van der Waals surface area contributed by atoms with Gasteiger partial charge in [-0.1, -0.05) is 30.3 Å². The molecule has 2 N–H and O–H groups in total. The highest BCUT2D eigenvalue weighted by molar-refractivity contribution is 7.98. The standard InChI is InChI=1S/C14H15BO3S/c1-18-13-6-3-7-14(9-13)19-10-11-4-2-5-12(8-11)15(16)17/h2-9,16-17H,10H2,1H3. The summed E-state index contributed by atoms with van der Waals surface area (Å²) in [5.74, 6) is 1.61. The van der Waals surface area contributed by atoms with Crippen molar-refractivity contribution in [1.82, 2.24) is 0 Å². The van der Waals surface area contributed by atoms with Crippen LogP contribution in [0, 0.1) is 0 Å². The summed E-state index contributed by atoms with van der Waals surface area (Å²) in [5.41, 5.74) is 1.57. The van der Waals surface area contributed by atoms with Gasteiger partial charge < -0.3 is 14.8 Å². The van der Waals surface area contributed by atoms with E-state index in [0.717, 1.165) is 22.0 Å². The van der Waals surface area contributed by atoms with E-state index in [1.165, 1.54) is 0 Å². The first kappa shape index (κ1) is 14.0. The average molecular weight is 274 g/mol. The normalized spacial score (nSPS) is 10.3. The van der Waals surface area contributed by atoms with Crippen LogP contribution in [-0.4, -0.2) is 24.3 Å². The number of hydrogen-bond acceptors (Lipinski definition) is 4. The molecular formula is C14H15BO3S. The minimum Gasteiger partial charge on any atom is -0.497 e. The molecule has 0 spiro atoms. The zero-order valence-electron chi connectivity index (χ0n) is 10.6. The van der Waals surface area contributed by atoms with Gasteiger partial charge in [0.25, 0.3) is 0 Å². The van der Waals surface area contributed by atoms with Crippen LogP contribution in [0.2, 0.25) is 0 Å².